The Morgan fingerprint density at radius 2 is 1.88 bits per heavy atom. The van der Waals surface area contributed by atoms with Gasteiger partial charge in [0.05, 0.1) is 11.8 Å². The highest BCUT2D eigenvalue weighted by Crippen LogP contribution is 2.33. The number of carbonyl (C=O) groups is 1. The van der Waals surface area contributed by atoms with E-state index in [4.69, 9.17) is 14.5 Å². The van der Waals surface area contributed by atoms with Crippen LogP contribution in [-0.2, 0) is 11.2 Å². The molecule has 0 N–H and O–H groups in total. The quantitative estimate of drug-likeness (QED) is 0.866. The molecule has 2 aromatic carbocycles. The lowest BCUT2D eigenvalue weighted by Gasteiger charge is -2.34. The fourth-order valence-electron chi connectivity index (χ4n) is 3.28. The molecule has 1 unspecified atom stereocenters. The van der Waals surface area contributed by atoms with Crippen molar-refractivity contribution in [1.82, 2.24) is 4.90 Å². The molecule has 2 aliphatic heterocycles. The lowest BCUT2D eigenvalue weighted by molar-refractivity contribution is -0.132. The Hall–Kier alpha value is -2.82. The molecular formula is C20H20N2O3. The molecule has 2 atom stereocenters. The lowest BCUT2D eigenvalue weighted by Crippen LogP contribution is -2.50. The highest BCUT2D eigenvalue weighted by Gasteiger charge is 2.34. The van der Waals surface area contributed by atoms with Crippen LogP contribution in [0.15, 0.2) is 53.5 Å². The summed E-state index contributed by atoms with van der Waals surface area (Å²) in [4.78, 5) is 19.3. The largest absolute Gasteiger partial charge is 0.454 e. The Labute approximate surface area is 146 Å². The molecule has 2 aromatic rings. The second-order valence-corrected chi connectivity index (χ2v) is 6.41. The summed E-state index contributed by atoms with van der Waals surface area (Å²) in [5.74, 6) is 1.53. The van der Waals surface area contributed by atoms with Crippen molar-refractivity contribution in [2.45, 2.75) is 25.4 Å². The highest BCUT2D eigenvalue weighted by atomic mass is 16.7. The maximum Gasteiger partial charge on any atom is 0.248 e. The van der Waals surface area contributed by atoms with Crippen LogP contribution >= 0.6 is 0 Å². The van der Waals surface area contributed by atoms with E-state index in [0.29, 0.717) is 6.42 Å². The highest BCUT2D eigenvalue weighted by molar-refractivity contribution is 6.09. The van der Waals surface area contributed by atoms with E-state index in [9.17, 15) is 4.79 Å². The van der Waals surface area contributed by atoms with Gasteiger partial charge >= 0.3 is 0 Å². The van der Waals surface area contributed by atoms with Gasteiger partial charge in [0.15, 0.2) is 11.5 Å². The number of amides is 1. The van der Waals surface area contributed by atoms with Gasteiger partial charge in [0.25, 0.3) is 0 Å². The number of aliphatic imine (C=N–C) groups is 1. The molecule has 0 bridgehead atoms. The SMILES string of the molecule is CC1C(c2ccc3c(c2)OCO3)=N[C@@H](Cc2ccccc2)C(=O)N1C. The van der Waals surface area contributed by atoms with Crippen molar-refractivity contribution < 1.29 is 14.3 Å². The summed E-state index contributed by atoms with van der Waals surface area (Å²) >= 11 is 0. The average Bonchev–Trinajstić information content (AvgIpc) is 3.11. The second kappa shape index (κ2) is 6.24. The van der Waals surface area contributed by atoms with Gasteiger partial charge < -0.3 is 14.4 Å². The van der Waals surface area contributed by atoms with E-state index >= 15 is 0 Å². The van der Waals surface area contributed by atoms with Crippen molar-refractivity contribution in [3.05, 3.63) is 59.7 Å². The molecule has 5 heteroatoms. The number of hydrogen-bond donors (Lipinski definition) is 0. The molecule has 0 saturated heterocycles. The first kappa shape index (κ1) is 15.7. The molecule has 128 valence electrons. The normalized spacial score (nSPS) is 22.1. The van der Waals surface area contributed by atoms with Crippen LogP contribution in [-0.4, -0.2) is 42.4 Å². The van der Waals surface area contributed by atoms with Crippen LogP contribution in [0.1, 0.15) is 18.1 Å². The molecular weight excluding hydrogens is 316 g/mol. The number of carbonyl (C=O) groups excluding carboxylic acids is 1. The molecule has 2 aliphatic rings. The molecule has 0 saturated carbocycles. The molecule has 5 nitrogen and oxygen atoms in total. The van der Waals surface area contributed by atoms with E-state index in [1.54, 1.807) is 4.90 Å². The number of benzene rings is 2. The van der Waals surface area contributed by atoms with Crippen LogP contribution in [0.4, 0.5) is 0 Å². The predicted molar refractivity (Wildman–Crippen MR) is 95.3 cm³/mol. The first-order valence-corrected chi connectivity index (χ1v) is 8.42. The summed E-state index contributed by atoms with van der Waals surface area (Å²) in [6.07, 6.45) is 0.602. The van der Waals surface area contributed by atoms with Gasteiger partial charge in [0.2, 0.25) is 12.7 Å². The Morgan fingerprint density at radius 3 is 2.68 bits per heavy atom. The minimum absolute atomic E-state index is 0.0563. The fraction of sp³-hybridized carbons (Fsp3) is 0.300. The van der Waals surface area contributed by atoms with E-state index in [1.807, 2.05) is 62.5 Å². The van der Waals surface area contributed by atoms with E-state index in [2.05, 4.69) is 0 Å². The minimum Gasteiger partial charge on any atom is -0.454 e. The number of ether oxygens (including phenoxy) is 2. The zero-order chi connectivity index (χ0) is 17.4. The first-order chi connectivity index (χ1) is 12.1. The zero-order valence-electron chi connectivity index (χ0n) is 14.3. The van der Waals surface area contributed by atoms with E-state index < -0.39 is 6.04 Å². The summed E-state index contributed by atoms with van der Waals surface area (Å²) in [7, 11) is 1.84. The number of nitrogens with zero attached hydrogens (tertiary/aromatic N) is 2. The molecule has 0 fully saturated rings. The standard InChI is InChI=1S/C20H20N2O3/c1-13-19(15-8-9-17-18(11-15)25-12-24-17)21-16(20(23)22(13)2)10-14-6-4-3-5-7-14/h3-9,11,13,16H,10,12H2,1-2H3/t13?,16-/m0/s1. The van der Waals surface area contributed by atoms with Gasteiger partial charge in [0.1, 0.15) is 6.04 Å². The van der Waals surface area contributed by atoms with Crippen molar-refractivity contribution in [2.75, 3.05) is 13.8 Å². The molecule has 0 aromatic heterocycles. The molecule has 25 heavy (non-hydrogen) atoms. The Kier molecular flexibility index (Phi) is 3.92. The zero-order valence-corrected chi connectivity index (χ0v) is 14.3. The van der Waals surface area contributed by atoms with Crippen LogP contribution in [0, 0.1) is 0 Å². The van der Waals surface area contributed by atoms with E-state index in [1.165, 1.54) is 0 Å². The fourth-order valence-corrected chi connectivity index (χ4v) is 3.28. The summed E-state index contributed by atoms with van der Waals surface area (Å²) < 4.78 is 10.9. The van der Waals surface area contributed by atoms with Gasteiger partial charge in [-0.3, -0.25) is 9.79 Å². The van der Waals surface area contributed by atoms with Crippen LogP contribution in [0.25, 0.3) is 0 Å². The van der Waals surface area contributed by atoms with E-state index in [-0.39, 0.29) is 18.7 Å². The maximum atomic E-state index is 12.7. The number of rotatable bonds is 3. The van der Waals surface area contributed by atoms with Crippen molar-refractivity contribution in [2.24, 2.45) is 4.99 Å². The van der Waals surface area contributed by atoms with Gasteiger partial charge in [-0.05, 0) is 30.7 Å². The maximum absolute atomic E-state index is 12.7. The number of fused-ring (bicyclic) bond motifs is 1. The van der Waals surface area contributed by atoms with Crippen molar-refractivity contribution in [3.63, 3.8) is 0 Å². The van der Waals surface area contributed by atoms with Gasteiger partial charge in [0, 0.05) is 19.0 Å². The Morgan fingerprint density at radius 1 is 1.12 bits per heavy atom. The molecule has 1 amide bonds. The van der Waals surface area contributed by atoms with Gasteiger partial charge in [-0.1, -0.05) is 30.3 Å². The molecule has 2 heterocycles. The van der Waals surface area contributed by atoms with Crippen molar-refractivity contribution in [3.8, 4) is 11.5 Å². The smallest absolute Gasteiger partial charge is 0.248 e. The minimum atomic E-state index is -0.399. The molecule has 0 aliphatic carbocycles. The van der Waals surface area contributed by atoms with Gasteiger partial charge in [-0.25, -0.2) is 0 Å². The van der Waals surface area contributed by atoms with E-state index in [0.717, 1.165) is 28.3 Å². The van der Waals surface area contributed by atoms with Gasteiger partial charge in [-0.2, -0.15) is 0 Å². The molecule has 4 rings (SSSR count). The van der Waals surface area contributed by atoms with Crippen LogP contribution < -0.4 is 9.47 Å². The average molecular weight is 336 g/mol. The van der Waals surface area contributed by atoms with Crippen LogP contribution in [0.5, 0.6) is 11.5 Å². The Bertz CT molecular complexity index is 832. The summed E-state index contributed by atoms with van der Waals surface area (Å²) in [6, 6.07) is 15.3. The third-order valence-electron chi connectivity index (χ3n) is 4.84. The first-order valence-electron chi connectivity index (χ1n) is 8.42. The number of likely N-dealkylation sites (N-methyl/N-ethyl adjacent to an activating group) is 1. The summed E-state index contributed by atoms with van der Waals surface area (Å²) in [5.41, 5.74) is 2.98. The predicted octanol–water partition coefficient (Wildman–Crippen LogP) is 2.68. The second-order valence-electron chi connectivity index (χ2n) is 6.41. The van der Waals surface area contributed by atoms with Crippen LogP contribution in [0.2, 0.25) is 0 Å². The Balaban J connectivity index is 1.69. The molecule has 0 spiro atoms. The number of hydrogen-bond acceptors (Lipinski definition) is 4. The topological polar surface area (TPSA) is 51.1 Å². The van der Waals surface area contributed by atoms with Gasteiger partial charge in [-0.15, -0.1) is 0 Å². The summed E-state index contributed by atoms with van der Waals surface area (Å²) in [6.45, 7) is 2.25. The van der Waals surface area contributed by atoms with Crippen molar-refractivity contribution >= 4 is 11.6 Å². The summed E-state index contributed by atoms with van der Waals surface area (Å²) in [5, 5.41) is 0. The lowest BCUT2D eigenvalue weighted by atomic mass is 9.96. The van der Waals surface area contributed by atoms with Crippen LogP contribution in [0.3, 0.4) is 0 Å². The third-order valence-corrected chi connectivity index (χ3v) is 4.84. The monoisotopic (exact) mass is 336 g/mol. The van der Waals surface area contributed by atoms with Crippen molar-refractivity contribution in [1.29, 1.82) is 0 Å². The third kappa shape index (κ3) is 2.86. The molecule has 0 radical (unpaired) electrons.